The van der Waals surface area contributed by atoms with Crippen molar-refractivity contribution in [1.29, 1.82) is 0 Å². The molecule has 5 heteroatoms. The summed E-state index contributed by atoms with van der Waals surface area (Å²) in [6.45, 7) is 4.46. The van der Waals surface area contributed by atoms with Gasteiger partial charge in [0.15, 0.2) is 0 Å². The second-order valence-corrected chi connectivity index (χ2v) is 8.64. The van der Waals surface area contributed by atoms with Crippen molar-refractivity contribution in [3.05, 3.63) is 89.2 Å². The van der Waals surface area contributed by atoms with Gasteiger partial charge in [-0.2, -0.15) is 0 Å². The Bertz CT molecular complexity index is 1050. The maximum Gasteiger partial charge on any atom is 0.126 e. The third-order valence-corrected chi connectivity index (χ3v) is 6.57. The van der Waals surface area contributed by atoms with Crippen LogP contribution >= 0.6 is 0 Å². The molecule has 4 nitrogen and oxygen atoms in total. The van der Waals surface area contributed by atoms with Gasteiger partial charge in [0.05, 0.1) is 6.61 Å². The quantitative estimate of drug-likeness (QED) is 0.572. The molecular formula is C27H28FNO3. The zero-order valence-corrected chi connectivity index (χ0v) is 18.0. The molecule has 3 aromatic carbocycles. The second-order valence-electron chi connectivity index (χ2n) is 8.64. The summed E-state index contributed by atoms with van der Waals surface area (Å²) in [7, 11) is 0. The van der Waals surface area contributed by atoms with Gasteiger partial charge in [0.25, 0.3) is 0 Å². The molecular weight excluding hydrogens is 405 g/mol. The van der Waals surface area contributed by atoms with Crippen LogP contribution in [0.3, 0.4) is 0 Å². The maximum atomic E-state index is 13.5. The van der Waals surface area contributed by atoms with Crippen molar-refractivity contribution < 1.29 is 19.0 Å². The molecule has 2 aliphatic heterocycles. The number of ether oxygens (including phenoxy) is 2. The van der Waals surface area contributed by atoms with Crippen LogP contribution in [0.25, 0.3) is 0 Å². The number of hydrogen-bond donors (Lipinski definition) is 1. The molecule has 2 atom stereocenters. The van der Waals surface area contributed by atoms with Gasteiger partial charge in [0, 0.05) is 30.0 Å². The molecule has 0 bridgehead atoms. The van der Waals surface area contributed by atoms with E-state index in [0.29, 0.717) is 19.0 Å². The van der Waals surface area contributed by atoms with Crippen LogP contribution in [-0.2, 0) is 0 Å². The lowest BCUT2D eigenvalue weighted by Gasteiger charge is -2.34. The third-order valence-electron chi connectivity index (χ3n) is 6.57. The lowest BCUT2D eigenvalue weighted by Crippen LogP contribution is -2.25. The first-order valence-electron chi connectivity index (χ1n) is 11.3. The third kappa shape index (κ3) is 4.44. The lowest BCUT2D eigenvalue weighted by atomic mass is 9.76. The van der Waals surface area contributed by atoms with Gasteiger partial charge in [-0.05, 0) is 67.4 Å². The first-order chi connectivity index (χ1) is 15.7. The molecule has 1 fully saturated rings. The van der Waals surface area contributed by atoms with Gasteiger partial charge in [-0.1, -0.05) is 30.3 Å². The molecule has 32 heavy (non-hydrogen) atoms. The molecule has 1 N–H and O–H groups in total. The van der Waals surface area contributed by atoms with Gasteiger partial charge >= 0.3 is 0 Å². The standard InChI is InChI=1S/C27H28FNO3/c28-21-7-3-19(4-8-21)25-18-32-26-17-22(30)9-12-24(26)27(25)20-5-10-23(11-6-20)31-16-15-29-13-1-2-14-29/h3-12,17,25,27,30H,1-2,13-16,18H2/t25-,27-/m0/s1. The van der Waals surface area contributed by atoms with Gasteiger partial charge < -0.3 is 14.6 Å². The van der Waals surface area contributed by atoms with Crippen molar-refractivity contribution >= 4 is 0 Å². The average molecular weight is 434 g/mol. The SMILES string of the molecule is Oc1ccc2c(c1)OC[C@@H](c1ccc(F)cc1)[C@H]2c1ccc(OCCN2CCCC2)cc1. The van der Waals surface area contributed by atoms with E-state index in [2.05, 4.69) is 17.0 Å². The summed E-state index contributed by atoms with van der Waals surface area (Å²) >= 11 is 0. The smallest absolute Gasteiger partial charge is 0.126 e. The number of nitrogens with zero attached hydrogens (tertiary/aromatic N) is 1. The van der Waals surface area contributed by atoms with Gasteiger partial charge in [-0.15, -0.1) is 0 Å². The molecule has 2 aliphatic rings. The minimum absolute atomic E-state index is 0.0310. The zero-order valence-electron chi connectivity index (χ0n) is 18.0. The minimum Gasteiger partial charge on any atom is -0.508 e. The highest BCUT2D eigenvalue weighted by Crippen LogP contribution is 2.47. The molecule has 0 radical (unpaired) electrons. The molecule has 0 aromatic heterocycles. The van der Waals surface area contributed by atoms with Crippen molar-refractivity contribution in [2.45, 2.75) is 24.7 Å². The van der Waals surface area contributed by atoms with E-state index >= 15 is 0 Å². The summed E-state index contributed by atoms with van der Waals surface area (Å²) in [6.07, 6.45) is 2.57. The van der Waals surface area contributed by atoms with E-state index in [0.717, 1.165) is 29.0 Å². The van der Waals surface area contributed by atoms with Crippen LogP contribution in [0.1, 0.15) is 41.4 Å². The highest BCUT2D eigenvalue weighted by molar-refractivity contribution is 5.50. The molecule has 0 spiro atoms. The molecule has 166 valence electrons. The monoisotopic (exact) mass is 433 g/mol. The fraction of sp³-hybridized carbons (Fsp3) is 0.333. The van der Waals surface area contributed by atoms with E-state index in [1.54, 1.807) is 12.1 Å². The molecule has 0 unspecified atom stereocenters. The Balaban J connectivity index is 1.39. The normalized spacial score (nSPS) is 20.5. The first kappa shape index (κ1) is 20.8. The summed E-state index contributed by atoms with van der Waals surface area (Å²) in [5.74, 6) is 1.56. The number of phenolic OH excluding ortho intramolecular Hbond substituents is 1. The van der Waals surface area contributed by atoms with E-state index in [4.69, 9.17) is 9.47 Å². The van der Waals surface area contributed by atoms with Crippen LogP contribution in [0.5, 0.6) is 17.2 Å². The van der Waals surface area contributed by atoms with Gasteiger partial charge in [0.2, 0.25) is 0 Å². The molecule has 1 saturated heterocycles. The van der Waals surface area contributed by atoms with Crippen molar-refractivity contribution in [1.82, 2.24) is 4.90 Å². The summed E-state index contributed by atoms with van der Waals surface area (Å²) in [5.41, 5.74) is 3.19. The summed E-state index contributed by atoms with van der Waals surface area (Å²) in [4.78, 5) is 2.44. The van der Waals surface area contributed by atoms with Gasteiger partial charge in [-0.3, -0.25) is 4.90 Å². The number of fused-ring (bicyclic) bond motifs is 1. The number of rotatable bonds is 6. The van der Waals surface area contributed by atoms with Crippen LogP contribution < -0.4 is 9.47 Å². The summed E-state index contributed by atoms with van der Waals surface area (Å²) in [5, 5.41) is 9.91. The number of aromatic hydroxyl groups is 1. The van der Waals surface area contributed by atoms with Crippen LogP contribution in [0.15, 0.2) is 66.7 Å². The zero-order chi connectivity index (χ0) is 21.9. The van der Waals surface area contributed by atoms with Crippen molar-refractivity contribution in [2.75, 3.05) is 32.8 Å². The minimum atomic E-state index is -0.247. The van der Waals surface area contributed by atoms with E-state index in [-0.39, 0.29) is 23.4 Å². The number of phenols is 1. The highest BCUT2D eigenvalue weighted by Gasteiger charge is 2.33. The lowest BCUT2D eigenvalue weighted by molar-refractivity contribution is 0.237. The summed E-state index contributed by atoms with van der Waals surface area (Å²) in [6, 6.07) is 20.2. The van der Waals surface area contributed by atoms with E-state index in [9.17, 15) is 9.50 Å². The first-order valence-corrected chi connectivity index (χ1v) is 11.3. The Morgan fingerprint density at radius 1 is 0.938 bits per heavy atom. The predicted octanol–water partition coefficient (Wildman–Crippen LogP) is 5.31. The molecule has 2 heterocycles. The Morgan fingerprint density at radius 3 is 2.41 bits per heavy atom. The second kappa shape index (κ2) is 9.21. The molecule has 5 rings (SSSR count). The fourth-order valence-electron chi connectivity index (χ4n) is 4.88. The van der Waals surface area contributed by atoms with Crippen LogP contribution in [0.4, 0.5) is 4.39 Å². The van der Waals surface area contributed by atoms with Gasteiger partial charge in [-0.25, -0.2) is 4.39 Å². The van der Waals surface area contributed by atoms with Crippen LogP contribution in [0.2, 0.25) is 0 Å². The van der Waals surface area contributed by atoms with E-state index in [1.165, 1.54) is 38.1 Å². The molecule has 0 aliphatic carbocycles. The van der Waals surface area contributed by atoms with Crippen LogP contribution in [0, 0.1) is 5.82 Å². The predicted molar refractivity (Wildman–Crippen MR) is 122 cm³/mol. The van der Waals surface area contributed by atoms with Crippen LogP contribution in [-0.4, -0.2) is 42.9 Å². The number of benzene rings is 3. The van der Waals surface area contributed by atoms with Crippen molar-refractivity contribution in [2.24, 2.45) is 0 Å². The van der Waals surface area contributed by atoms with Gasteiger partial charge in [0.1, 0.15) is 29.7 Å². The largest absolute Gasteiger partial charge is 0.508 e. The Hall–Kier alpha value is -3.05. The Kier molecular flexibility index (Phi) is 5.99. The average Bonchev–Trinajstić information content (AvgIpc) is 3.33. The highest BCUT2D eigenvalue weighted by atomic mass is 19.1. The number of likely N-dealkylation sites (tertiary alicyclic amines) is 1. The molecule has 0 saturated carbocycles. The summed E-state index contributed by atoms with van der Waals surface area (Å²) < 4.78 is 25.5. The topological polar surface area (TPSA) is 41.9 Å². The Labute approximate surface area is 188 Å². The van der Waals surface area contributed by atoms with Crippen molar-refractivity contribution in [3.63, 3.8) is 0 Å². The van der Waals surface area contributed by atoms with Crippen molar-refractivity contribution in [3.8, 4) is 17.2 Å². The maximum absolute atomic E-state index is 13.5. The molecule has 3 aromatic rings. The van der Waals surface area contributed by atoms with E-state index in [1.807, 2.05) is 30.3 Å². The molecule has 0 amide bonds. The Morgan fingerprint density at radius 2 is 1.66 bits per heavy atom. The fourth-order valence-corrected chi connectivity index (χ4v) is 4.88. The number of halogens is 1. The van der Waals surface area contributed by atoms with E-state index < -0.39 is 0 Å². The number of hydrogen-bond acceptors (Lipinski definition) is 4.